The number of ether oxygens (including phenoxy) is 1. The molecule has 2 heteroatoms. The van der Waals surface area contributed by atoms with Crippen molar-refractivity contribution in [3.05, 3.63) is 11.1 Å². The van der Waals surface area contributed by atoms with E-state index >= 15 is 0 Å². The molecule has 1 atom stereocenters. The van der Waals surface area contributed by atoms with E-state index in [0.717, 1.165) is 6.42 Å². The monoisotopic (exact) mass is 224 g/mol. The van der Waals surface area contributed by atoms with E-state index in [4.69, 9.17) is 4.74 Å². The fourth-order valence-corrected chi connectivity index (χ4v) is 2.25. The normalized spacial score (nSPS) is 24.1. The first-order valence-corrected chi connectivity index (χ1v) is 6.10. The number of hydrogen-bond donors (Lipinski definition) is 0. The highest BCUT2D eigenvalue weighted by molar-refractivity contribution is 5.71. The molecule has 1 aliphatic carbocycles. The van der Waals surface area contributed by atoms with Crippen molar-refractivity contribution >= 4 is 5.97 Å². The number of carbonyl (C=O) groups is 1. The quantitative estimate of drug-likeness (QED) is 0.541. The van der Waals surface area contributed by atoms with Crippen molar-refractivity contribution in [1.82, 2.24) is 0 Å². The van der Waals surface area contributed by atoms with Gasteiger partial charge in [0.25, 0.3) is 0 Å². The molecule has 2 nitrogen and oxygen atoms in total. The maximum Gasteiger partial charge on any atom is 0.308 e. The minimum atomic E-state index is -0.0852. The molecular weight excluding hydrogens is 200 g/mol. The van der Waals surface area contributed by atoms with Crippen molar-refractivity contribution in [2.45, 2.75) is 48.0 Å². The smallest absolute Gasteiger partial charge is 0.308 e. The molecule has 92 valence electrons. The van der Waals surface area contributed by atoms with Crippen LogP contribution in [0.1, 0.15) is 48.0 Å². The van der Waals surface area contributed by atoms with Gasteiger partial charge in [-0.15, -0.1) is 0 Å². The summed E-state index contributed by atoms with van der Waals surface area (Å²) >= 11 is 0. The molecule has 0 aromatic heterocycles. The molecule has 1 aliphatic rings. The highest BCUT2D eigenvalue weighted by Crippen LogP contribution is 2.46. The van der Waals surface area contributed by atoms with Crippen molar-refractivity contribution in [3.63, 3.8) is 0 Å². The van der Waals surface area contributed by atoms with Crippen LogP contribution >= 0.6 is 0 Å². The SMILES string of the molecule is CC1=C(C)C(C)(C)[C@@H](COC(=O)C(C)C)C1. The summed E-state index contributed by atoms with van der Waals surface area (Å²) in [6.07, 6.45) is 1.06. The molecule has 0 N–H and O–H groups in total. The van der Waals surface area contributed by atoms with E-state index in [2.05, 4.69) is 27.7 Å². The van der Waals surface area contributed by atoms with Gasteiger partial charge in [-0.25, -0.2) is 0 Å². The van der Waals surface area contributed by atoms with Crippen molar-refractivity contribution in [3.8, 4) is 0 Å². The average Bonchev–Trinajstić information content (AvgIpc) is 2.38. The van der Waals surface area contributed by atoms with E-state index in [1.807, 2.05) is 13.8 Å². The Bertz CT molecular complexity index is 311. The second-order valence-electron chi connectivity index (χ2n) is 5.81. The van der Waals surface area contributed by atoms with Crippen molar-refractivity contribution in [2.75, 3.05) is 6.61 Å². The molecule has 1 rings (SSSR count). The molecule has 0 saturated heterocycles. The molecule has 0 heterocycles. The van der Waals surface area contributed by atoms with Gasteiger partial charge in [-0.3, -0.25) is 4.79 Å². The molecule has 0 aromatic carbocycles. The number of esters is 1. The molecule has 0 unspecified atom stereocenters. The Kier molecular flexibility index (Phi) is 3.82. The lowest BCUT2D eigenvalue weighted by molar-refractivity contribution is -0.149. The topological polar surface area (TPSA) is 26.3 Å². The van der Waals surface area contributed by atoms with Gasteiger partial charge in [0.2, 0.25) is 0 Å². The standard InChI is InChI=1S/C14H24O2/c1-9(2)13(15)16-8-12-7-10(3)11(4)14(12,5)6/h9,12H,7-8H2,1-6H3/t12-/m1/s1. The predicted octanol–water partition coefficient (Wildman–Crippen LogP) is 3.57. The zero-order chi connectivity index (χ0) is 12.5. The van der Waals surface area contributed by atoms with E-state index in [0.29, 0.717) is 12.5 Å². The zero-order valence-corrected chi connectivity index (χ0v) is 11.4. The second-order valence-corrected chi connectivity index (χ2v) is 5.81. The zero-order valence-electron chi connectivity index (χ0n) is 11.4. The highest BCUT2D eigenvalue weighted by Gasteiger charge is 2.38. The van der Waals surface area contributed by atoms with Gasteiger partial charge in [0.05, 0.1) is 12.5 Å². The summed E-state index contributed by atoms with van der Waals surface area (Å²) in [6, 6.07) is 0. The number of rotatable bonds is 3. The van der Waals surface area contributed by atoms with Gasteiger partial charge in [-0.2, -0.15) is 0 Å². The van der Waals surface area contributed by atoms with Gasteiger partial charge >= 0.3 is 5.97 Å². The van der Waals surface area contributed by atoms with E-state index < -0.39 is 0 Å². The van der Waals surface area contributed by atoms with Crippen LogP contribution < -0.4 is 0 Å². The van der Waals surface area contributed by atoms with Crippen molar-refractivity contribution < 1.29 is 9.53 Å². The van der Waals surface area contributed by atoms with Crippen molar-refractivity contribution in [2.24, 2.45) is 17.3 Å². The Morgan fingerprint density at radius 2 is 2.00 bits per heavy atom. The lowest BCUT2D eigenvalue weighted by atomic mass is 9.78. The van der Waals surface area contributed by atoms with Crippen LogP contribution in [0.3, 0.4) is 0 Å². The van der Waals surface area contributed by atoms with Crippen LogP contribution in [0.15, 0.2) is 11.1 Å². The third-order valence-corrected chi connectivity index (χ3v) is 4.08. The maximum absolute atomic E-state index is 11.4. The summed E-state index contributed by atoms with van der Waals surface area (Å²) in [6.45, 7) is 13.2. The summed E-state index contributed by atoms with van der Waals surface area (Å²) in [5, 5.41) is 0. The number of allylic oxidation sites excluding steroid dienone is 2. The van der Waals surface area contributed by atoms with Crippen LogP contribution in [0.2, 0.25) is 0 Å². The van der Waals surface area contributed by atoms with Gasteiger partial charge in [0.15, 0.2) is 0 Å². The molecule has 0 aromatic rings. The minimum absolute atomic E-state index is 0.0281. The third kappa shape index (κ3) is 2.47. The first-order chi connectivity index (χ1) is 7.26. The number of hydrogen-bond acceptors (Lipinski definition) is 2. The van der Waals surface area contributed by atoms with Gasteiger partial charge in [-0.1, -0.05) is 38.8 Å². The van der Waals surface area contributed by atoms with E-state index in [-0.39, 0.29) is 17.3 Å². The van der Waals surface area contributed by atoms with Crippen molar-refractivity contribution in [1.29, 1.82) is 0 Å². The summed E-state index contributed by atoms with van der Waals surface area (Å²) in [5.41, 5.74) is 3.08. The fourth-order valence-electron chi connectivity index (χ4n) is 2.25. The Morgan fingerprint density at radius 3 is 2.38 bits per heavy atom. The lowest BCUT2D eigenvalue weighted by Gasteiger charge is -2.29. The van der Waals surface area contributed by atoms with E-state index in [1.54, 1.807) is 0 Å². The molecule has 16 heavy (non-hydrogen) atoms. The molecule has 0 amide bonds. The Hall–Kier alpha value is -0.790. The Labute approximate surface area is 99.1 Å². The third-order valence-electron chi connectivity index (χ3n) is 4.08. The van der Waals surface area contributed by atoms with Crippen LogP contribution in [-0.2, 0) is 9.53 Å². The largest absolute Gasteiger partial charge is 0.465 e. The van der Waals surface area contributed by atoms with Gasteiger partial charge in [-0.05, 0) is 25.7 Å². The minimum Gasteiger partial charge on any atom is -0.465 e. The highest BCUT2D eigenvalue weighted by atomic mass is 16.5. The molecule has 0 fully saturated rings. The summed E-state index contributed by atoms with van der Waals surface area (Å²) < 4.78 is 5.35. The predicted molar refractivity (Wildman–Crippen MR) is 66.1 cm³/mol. The molecule has 0 bridgehead atoms. The first-order valence-electron chi connectivity index (χ1n) is 6.10. The molecule has 0 radical (unpaired) electrons. The molecule has 0 aliphatic heterocycles. The second kappa shape index (κ2) is 4.60. The fraction of sp³-hybridized carbons (Fsp3) is 0.786. The van der Waals surface area contributed by atoms with E-state index in [9.17, 15) is 4.79 Å². The summed E-state index contributed by atoms with van der Waals surface area (Å²) in [5.74, 6) is 0.327. The molecular formula is C14H24O2. The number of carbonyl (C=O) groups excluding carboxylic acids is 1. The molecule has 0 spiro atoms. The maximum atomic E-state index is 11.4. The molecule has 0 saturated carbocycles. The Morgan fingerprint density at radius 1 is 1.44 bits per heavy atom. The van der Waals surface area contributed by atoms with Crippen LogP contribution in [0.25, 0.3) is 0 Å². The first kappa shape index (κ1) is 13.3. The lowest BCUT2D eigenvalue weighted by Crippen LogP contribution is -2.27. The van der Waals surface area contributed by atoms with Crippen LogP contribution in [0, 0.1) is 17.3 Å². The Balaban J connectivity index is 2.57. The average molecular weight is 224 g/mol. The van der Waals surface area contributed by atoms with Crippen LogP contribution in [-0.4, -0.2) is 12.6 Å². The summed E-state index contributed by atoms with van der Waals surface area (Å²) in [4.78, 5) is 11.4. The van der Waals surface area contributed by atoms with Gasteiger partial charge in [0.1, 0.15) is 0 Å². The van der Waals surface area contributed by atoms with E-state index in [1.165, 1.54) is 11.1 Å². The van der Waals surface area contributed by atoms with Gasteiger partial charge in [0, 0.05) is 5.92 Å². The van der Waals surface area contributed by atoms with Gasteiger partial charge < -0.3 is 4.74 Å². The van der Waals surface area contributed by atoms with Crippen LogP contribution in [0.4, 0.5) is 0 Å². The summed E-state index contributed by atoms with van der Waals surface area (Å²) in [7, 11) is 0. The van der Waals surface area contributed by atoms with Crippen LogP contribution in [0.5, 0.6) is 0 Å².